The maximum Gasteiger partial charge on any atom is 0.255 e. The number of hydroxylamine groups is 1. The van der Waals surface area contributed by atoms with E-state index in [9.17, 15) is 4.79 Å². The summed E-state index contributed by atoms with van der Waals surface area (Å²) in [6.07, 6.45) is 1.71. The quantitative estimate of drug-likeness (QED) is 0.463. The zero-order valence-corrected chi connectivity index (χ0v) is 17.3. The monoisotopic (exact) mass is 409 g/mol. The number of hydrogen-bond acceptors (Lipinski definition) is 6. The molecule has 1 aliphatic heterocycles. The number of fused-ring (bicyclic) bond motifs is 2. The van der Waals surface area contributed by atoms with Crippen molar-refractivity contribution >= 4 is 11.6 Å². The summed E-state index contributed by atoms with van der Waals surface area (Å²) >= 11 is 0. The Morgan fingerprint density at radius 3 is 2.77 bits per heavy atom. The topological polar surface area (TPSA) is 86.1 Å². The molecule has 1 fully saturated rings. The first-order valence-electron chi connectivity index (χ1n) is 10.1. The van der Waals surface area contributed by atoms with Gasteiger partial charge in [0.2, 0.25) is 0 Å². The fraction of sp³-hybridized carbons (Fsp3) is 0.348. The minimum absolute atomic E-state index is 0.177. The van der Waals surface area contributed by atoms with Crippen LogP contribution >= 0.6 is 0 Å². The Balaban J connectivity index is 1.59. The van der Waals surface area contributed by atoms with Crippen LogP contribution in [0.2, 0.25) is 0 Å². The molecule has 2 aliphatic rings. The van der Waals surface area contributed by atoms with E-state index in [1.807, 2.05) is 38.4 Å². The maximum absolute atomic E-state index is 11.1. The highest BCUT2D eigenvalue weighted by Gasteiger charge is 2.58. The molecule has 0 aromatic heterocycles. The maximum atomic E-state index is 11.1. The second-order valence-electron chi connectivity index (χ2n) is 7.85. The molecule has 0 saturated heterocycles. The summed E-state index contributed by atoms with van der Waals surface area (Å²) in [4.78, 5) is 19.0. The molecule has 0 bridgehead atoms. The minimum atomic E-state index is -0.521. The minimum Gasteiger partial charge on any atom is -0.484 e. The Labute approximate surface area is 176 Å². The van der Waals surface area contributed by atoms with E-state index < -0.39 is 11.5 Å². The molecule has 1 aliphatic carbocycles. The number of carbonyl (C=O) groups is 1. The zero-order chi connectivity index (χ0) is 21.1. The van der Waals surface area contributed by atoms with Gasteiger partial charge in [-0.2, -0.15) is 0 Å². The lowest BCUT2D eigenvalue weighted by atomic mass is 10.0. The molecule has 2 aromatic carbocycles. The summed E-state index contributed by atoms with van der Waals surface area (Å²) in [7, 11) is 4.09. The Bertz CT molecular complexity index is 958. The summed E-state index contributed by atoms with van der Waals surface area (Å²) < 4.78 is 11.9. The first kappa shape index (κ1) is 20.3. The normalized spacial score (nSPS) is 19.0. The van der Waals surface area contributed by atoms with Crippen molar-refractivity contribution in [1.82, 2.24) is 10.4 Å². The van der Waals surface area contributed by atoms with Gasteiger partial charge in [-0.05, 0) is 39.2 Å². The van der Waals surface area contributed by atoms with Gasteiger partial charge in [-0.3, -0.25) is 15.1 Å². The molecule has 7 nitrogen and oxygen atoms in total. The molecule has 1 unspecified atom stereocenters. The van der Waals surface area contributed by atoms with Gasteiger partial charge >= 0.3 is 0 Å². The van der Waals surface area contributed by atoms with Gasteiger partial charge in [-0.15, -0.1) is 0 Å². The largest absolute Gasteiger partial charge is 0.484 e. The predicted molar refractivity (Wildman–Crippen MR) is 114 cm³/mol. The summed E-state index contributed by atoms with van der Waals surface area (Å²) in [6, 6.07) is 15.7. The first-order valence-corrected chi connectivity index (χ1v) is 10.1. The van der Waals surface area contributed by atoms with E-state index in [-0.39, 0.29) is 6.61 Å². The molecule has 0 spiro atoms. The third kappa shape index (κ3) is 4.13. The molecule has 1 amide bonds. The summed E-state index contributed by atoms with van der Waals surface area (Å²) in [6.45, 7) is 1.38. The van der Waals surface area contributed by atoms with Crippen molar-refractivity contribution in [2.24, 2.45) is 5.73 Å². The summed E-state index contributed by atoms with van der Waals surface area (Å²) in [5, 5.41) is 0. The standard InChI is InChI=1S/C23H27N3O4/c1-26(2)11-6-12-29-25-22-18-10-9-17(28-15-21(24)27)13-20(18)30-23(14-19(22)23)16-7-4-3-5-8-16/h3-5,7-10,13,25H,6,11-12,14-15H2,1-2H3,(H2,24,27). The Morgan fingerprint density at radius 1 is 1.23 bits per heavy atom. The average Bonchev–Trinajstić information content (AvgIpc) is 3.47. The van der Waals surface area contributed by atoms with Gasteiger partial charge in [-0.25, -0.2) is 0 Å². The molecule has 7 heteroatoms. The molecule has 4 rings (SSSR count). The lowest BCUT2D eigenvalue weighted by molar-refractivity contribution is -0.119. The summed E-state index contributed by atoms with van der Waals surface area (Å²) in [5.74, 6) is 0.694. The van der Waals surface area contributed by atoms with E-state index in [0.717, 1.165) is 36.2 Å². The van der Waals surface area contributed by atoms with E-state index in [2.05, 4.69) is 22.5 Å². The highest BCUT2D eigenvalue weighted by Crippen LogP contribution is 2.61. The van der Waals surface area contributed by atoms with E-state index in [1.165, 1.54) is 5.57 Å². The van der Waals surface area contributed by atoms with E-state index in [0.29, 0.717) is 18.1 Å². The number of nitrogens with one attached hydrogen (secondary N) is 1. The lowest BCUT2D eigenvalue weighted by Gasteiger charge is -2.27. The average molecular weight is 409 g/mol. The molecule has 2 aromatic rings. The van der Waals surface area contributed by atoms with Crippen LogP contribution in [0.1, 0.15) is 24.0 Å². The van der Waals surface area contributed by atoms with Crippen LogP contribution in [0.3, 0.4) is 0 Å². The lowest BCUT2D eigenvalue weighted by Crippen LogP contribution is -2.25. The Morgan fingerprint density at radius 2 is 2.03 bits per heavy atom. The summed E-state index contributed by atoms with van der Waals surface area (Å²) in [5.41, 5.74) is 12.0. The number of primary amides is 1. The molecule has 3 N–H and O–H groups in total. The highest BCUT2D eigenvalue weighted by molar-refractivity contribution is 5.81. The van der Waals surface area contributed by atoms with Gasteiger partial charge in [0.05, 0.1) is 12.3 Å². The third-order valence-electron chi connectivity index (χ3n) is 5.24. The fourth-order valence-corrected chi connectivity index (χ4v) is 3.72. The van der Waals surface area contributed by atoms with Crippen LogP contribution < -0.4 is 20.7 Å². The molecule has 1 saturated carbocycles. The molecule has 0 radical (unpaired) electrons. The number of benzene rings is 2. The Hall–Kier alpha value is -3.03. The van der Waals surface area contributed by atoms with E-state index in [1.54, 1.807) is 12.1 Å². The van der Waals surface area contributed by atoms with Crippen molar-refractivity contribution in [3.05, 3.63) is 65.2 Å². The molecule has 158 valence electrons. The van der Waals surface area contributed by atoms with Crippen LogP contribution in [0, 0.1) is 0 Å². The molecule has 1 heterocycles. The van der Waals surface area contributed by atoms with Crippen molar-refractivity contribution in [1.29, 1.82) is 0 Å². The number of hydrogen-bond donors (Lipinski definition) is 2. The molecule has 1 atom stereocenters. The van der Waals surface area contributed by atoms with Crippen LogP contribution in [0.15, 0.2) is 54.1 Å². The van der Waals surface area contributed by atoms with Crippen LogP contribution in [-0.4, -0.2) is 44.7 Å². The number of amides is 1. The third-order valence-corrected chi connectivity index (χ3v) is 5.24. The highest BCUT2D eigenvalue weighted by atomic mass is 16.6. The van der Waals surface area contributed by atoms with Crippen molar-refractivity contribution in [3.63, 3.8) is 0 Å². The number of rotatable bonds is 10. The van der Waals surface area contributed by atoms with Gasteiger partial charge in [0.15, 0.2) is 12.2 Å². The van der Waals surface area contributed by atoms with Crippen molar-refractivity contribution in [3.8, 4) is 11.5 Å². The Kier molecular flexibility index (Phi) is 5.65. The van der Waals surface area contributed by atoms with Crippen molar-refractivity contribution in [2.75, 3.05) is 33.9 Å². The molecular weight excluding hydrogens is 382 g/mol. The van der Waals surface area contributed by atoms with Crippen LogP contribution in [0.25, 0.3) is 5.70 Å². The fourth-order valence-electron chi connectivity index (χ4n) is 3.72. The van der Waals surface area contributed by atoms with Gasteiger partial charge < -0.3 is 20.1 Å². The van der Waals surface area contributed by atoms with Gasteiger partial charge in [0.1, 0.15) is 11.5 Å². The van der Waals surface area contributed by atoms with E-state index >= 15 is 0 Å². The molecular formula is C23H27N3O4. The van der Waals surface area contributed by atoms with E-state index in [4.69, 9.17) is 20.0 Å². The van der Waals surface area contributed by atoms with Gasteiger partial charge in [0, 0.05) is 29.2 Å². The second kappa shape index (κ2) is 8.38. The smallest absolute Gasteiger partial charge is 0.255 e. The van der Waals surface area contributed by atoms with Gasteiger partial charge in [-0.1, -0.05) is 30.3 Å². The number of ether oxygens (including phenoxy) is 2. The number of carbonyl (C=O) groups excluding carboxylic acids is 1. The predicted octanol–water partition coefficient (Wildman–Crippen LogP) is 2.43. The zero-order valence-electron chi connectivity index (χ0n) is 17.3. The van der Waals surface area contributed by atoms with Crippen LogP contribution in [0.4, 0.5) is 0 Å². The van der Waals surface area contributed by atoms with Gasteiger partial charge in [0.25, 0.3) is 5.91 Å². The number of nitrogens with two attached hydrogens (primary N) is 1. The molecule has 30 heavy (non-hydrogen) atoms. The van der Waals surface area contributed by atoms with Crippen molar-refractivity contribution in [2.45, 2.75) is 18.4 Å². The SMILES string of the molecule is CN(C)CCCONC1=C2CC2(c2ccccc2)Oc2cc(OCC(N)=O)ccc21. The number of nitrogens with zero attached hydrogens (tertiary/aromatic N) is 1. The van der Waals surface area contributed by atoms with Crippen molar-refractivity contribution < 1.29 is 19.1 Å². The second-order valence-corrected chi connectivity index (χ2v) is 7.85. The van der Waals surface area contributed by atoms with Crippen LogP contribution in [0.5, 0.6) is 11.5 Å². The van der Waals surface area contributed by atoms with Crippen LogP contribution in [-0.2, 0) is 15.2 Å². The first-order chi connectivity index (χ1) is 14.5.